The Labute approximate surface area is 130 Å². The zero-order valence-corrected chi connectivity index (χ0v) is 13.4. The maximum atomic E-state index is 12.4. The Balaban J connectivity index is 2.38. The van der Waals surface area contributed by atoms with Crippen LogP contribution in [0, 0.1) is 10.5 Å². The van der Waals surface area contributed by atoms with E-state index in [1.165, 1.54) is 0 Å². The number of hydrogen-bond donors (Lipinski definition) is 0. The van der Waals surface area contributed by atoms with Gasteiger partial charge in [0.25, 0.3) is 0 Å². The Kier molecular flexibility index (Phi) is 4.47. The minimum Gasteiger partial charge on any atom is -0.496 e. The van der Waals surface area contributed by atoms with Gasteiger partial charge >= 0.3 is 0 Å². The van der Waals surface area contributed by atoms with Crippen LogP contribution in [-0.4, -0.2) is 12.9 Å². The normalized spacial score (nSPS) is 10.3. The molecule has 98 valence electrons. The highest BCUT2D eigenvalue weighted by molar-refractivity contribution is 14.1. The van der Waals surface area contributed by atoms with E-state index in [4.69, 9.17) is 16.3 Å². The summed E-state index contributed by atoms with van der Waals surface area (Å²) in [6, 6.07) is 10.7. The van der Waals surface area contributed by atoms with Crippen LogP contribution in [-0.2, 0) is 0 Å². The van der Waals surface area contributed by atoms with E-state index in [1.807, 2.05) is 19.1 Å². The maximum absolute atomic E-state index is 12.4. The fraction of sp³-hybridized carbons (Fsp3) is 0.133. The van der Waals surface area contributed by atoms with Crippen molar-refractivity contribution in [3.8, 4) is 5.75 Å². The lowest BCUT2D eigenvalue weighted by atomic mass is 10.0. The van der Waals surface area contributed by atoms with Crippen LogP contribution in [0.1, 0.15) is 21.5 Å². The highest BCUT2D eigenvalue weighted by atomic mass is 127. The van der Waals surface area contributed by atoms with Crippen molar-refractivity contribution in [3.05, 3.63) is 61.7 Å². The lowest BCUT2D eigenvalue weighted by molar-refractivity contribution is 0.103. The third kappa shape index (κ3) is 3.09. The van der Waals surface area contributed by atoms with Gasteiger partial charge in [-0.2, -0.15) is 0 Å². The molecule has 2 rings (SSSR count). The average Bonchev–Trinajstić information content (AvgIpc) is 2.41. The van der Waals surface area contributed by atoms with Gasteiger partial charge in [0.15, 0.2) is 5.78 Å². The number of carbonyl (C=O) groups excluding carboxylic acids is 1. The molecule has 4 heteroatoms. The predicted octanol–water partition coefficient (Wildman–Crippen LogP) is 4.49. The third-order valence-corrected chi connectivity index (χ3v) is 4.41. The molecular formula is C15H12ClIO2. The fourth-order valence-electron chi connectivity index (χ4n) is 1.82. The molecule has 0 atom stereocenters. The van der Waals surface area contributed by atoms with E-state index in [9.17, 15) is 4.79 Å². The standard InChI is InChI=1S/C15H12ClIO2/c1-9-7-10(4-6-14(9)19-2)15(18)11-3-5-13(17)12(16)8-11/h3-8H,1-2H3. The maximum Gasteiger partial charge on any atom is 0.193 e. The smallest absolute Gasteiger partial charge is 0.193 e. The van der Waals surface area contributed by atoms with Gasteiger partial charge in [-0.25, -0.2) is 0 Å². The summed E-state index contributed by atoms with van der Waals surface area (Å²) in [5.74, 6) is 0.737. The Morgan fingerprint density at radius 2 is 1.79 bits per heavy atom. The molecule has 0 radical (unpaired) electrons. The molecule has 2 aromatic rings. The van der Waals surface area contributed by atoms with Crippen LogP contribution in [0.3, 0.4) is 0 Å². The van der Waals surface area contributed by atoms with Crippen molar-refractivity contribution >= 4 is 40.0 Å². The topological polar surface area (TPSA) is 26.3 Å². The molecule has 0 spiro atoms. The van der Waals surface area contributed by atoms with Gasteiger partial charge < -0.3 is 4.74 Å². The number of rotatable bonds is 3. The van der Waals surface area contributed by atoms with Crippen molar-refractivity contribution in [1.82, 2.24) is 0 Å². The average molecular weight is 387 g/mol. The van der Waals surface area contributed by atoms with Crippen LogP contribution in [0.5, 0.6) is 5.75 Å². The second kappa shape index (κ2) is 5.92. The summed E-state index contributed by atoms with van der Waals surface area (Å²) in [6.45, 7) is 1.91. The van der Waals surface area contributed by atoms with Gasteiger partial charge in [-0.3, -0.25) is 4.79 Å². The van der Waals surface area contributed by atoms with Crippen LogP contribution in [0.4, 0.5) is 0 Å². The molecule has 0 fully saturated rings. The van der Waals surface area contributed by atoms with Gasteiger partial charge in [0.05, 0.1) is 12.1 Å². The number of benzene rings is 2. The third-order valence-electron chi connectivity index (χ3n) is 2.84. The monoisotopic (exact) mass is 386 g/mol. The minimum absolute atomic E-state index is 0.0379. The summed E-state index contributed by atoms with van der Waals surface area (Å²) in [6.07, 6.45) is 0. The molecule has 0 unspecified atom stereocenters. The Morgan fingerprint density at radius 1 is 1.16 bits per heavy atom. The molecule has 19 heavy (non-hydrogen) atoms. The van der Waals surface area contributed by atoms with Gasteiger partial charge in [-0.15, -0.1) is 0 Å². The molecule has 2 aromatic carbocycles. The summed E-state index contributed by atoms with van der Waals surface area (Å²) < 4.78 is 6.12. The molecule has 0 amide bonds. The summed E-state index contributed by atoms with van der Waals surface area (Å²) in [4.78, 5) is 12.4. The summed E-state index contributed by atoms with van der Waals surface area (Å²) in [7, 11) is 1.61. The molecule has 0 heterocycles. The number of ether oxygens (including phenoxy) is 1. The number of ketones is 1. The SMILES string of the molecule is COc1ccc(C(=O)c2ccc(I)c(Cl)c2)cc1C. The van der Waals surface area contributed by atoms with Gasteiger partial charge in [0.2, 0.25) is 0 Å². The number of aryl methyl sites for hydroxylation is 1. The quantitative estimate of drug-likeness (QED) is 0.574. The Morgan fingerprint density at radius 3 is 2.37 bits per heavy atom. The van der Waals surface area contributed by atoms with Gasteiger partial charge in [-0.05, 0) is 71.5 Å². The van der Waals surface area contributed by atoms with E-state index in [-0.39, 0.29) is 5.78 Å². The number of halogens is 2. The Bertz CT molecular complexity index is 638. The summed E-state index contributed by atoms with van der Waals surface area (Å²) >= 11 is 8.18. The largest absolute Gasteiger partial charge is 0.496 e. The highest BCUT2D eigenvalue weighted by Crippen LogP contribution is 2.23. The van der Waals surface area contributed by atoms with Crippen molar-refractivity contribution in [2.45, 2.75) is 6.92 Å². The van der Waals surface area contributed by atoms with E-state index in [2.05, 4.69) is 22.6 Å². The first-order chi connectivity index (χ1) is 9.02. The number of hydrogen-bond acceptors (Lipinski definition) is 2. The van der Waals surface area contributed by atoms with E-state index in [0.29, 0.717) is 16.1 Å². The van der Waals surface area contributed by atoms with E-state index >= 15 is 0 Å². The van der Waals surface area contributed by atoms with Crippen LogP contribution < -0.4 is 4.74 Å². The molecule has 0 saturated heterocycles. The first kappa shape index (κ1) is 14.3. The molecule has 0 saturated carbocycles. The zero-order valence-electron chi connectivity index (χ0n) is 10.5. The molecule has 0 bridgehead atoms. The first-order valence-corrected chi connectivity index (χ1v) is 7.13. The zero-order chi connectivity index (χ0) is 14.0. The molecule has 0 N–H and O–H groups in total. The van der Waals surface area contributed by atoms with Crippen LogP contribution in [0.2, 0.25) is 5.02 Å². The predicted molar refractivity (Wildman–Crippen MR) is 85.3 cm³/mol. The van der Waals surface area contributed by atoms with Gasteiger partial charge in [0.1, 0.15) is 5.75 Å². The van der Waals surface area contributed by atoms with E-state index in [1.54, 1.807) is 31.4 Å². The number of carbonyl (C=O) groups is 1. The molecule has 2 nitrogen and oxygen atoms in total. The minimum atomic E-state index is -0.0379. The second-order valence-electron chi connectivity index (χ2n) is 4.14. The fourth-order valence-corrected chi connectivity index (χ4v) is 2.34. The molecule has 0 aliphatic rings. The van der Waals surface area contributed by atoms with Crippen molar-refractivity contribution in [2.24, 2.45) is 0 Å². The van der Waals surface area contributed by atoms with Crippen molar-refractivity contribution < 1.29 is 9.53 Å². The number of methoxy groups -OCH3 is 1. The summed E-state index contributed by atoms with van der Waals surface area (Å²) in [5, 5.41) is 0.594. The highest BCUT2D eigenvalue weighted by Gasteiger charge is 2.12. The van der Waals surface area contributed by atoms with Crippen LogP contribution in [0.25, 0.3) is 0 Å². The lowest BCUT2D eigenvalue weighted by Gasteiger charge is -2.07. The van der Waals surface area contributed by atoms with Crippen LogP contribution in [0.15, 0.2) is 36.4 Å². The summed E-state index contributed by atoms with van der Waals surface area (Å²) in [5.41, 5.74) is 2.16. The Hall–Kier alpha value is -1.07. The second-order valence-corrected chi connectivity index (χ2v) is 5.71. The van der Waals surface area contributed by atoms with Crippen molar-refractivity contribution in [1.29, 1.82) is 0 Å². The molecule has 0 aliphatic heterocycles. The molecule has 0 aromatic heterocycles. The van der Waals surface area contributed by atoms with Crippen LogP contribution >= 0.6 is 34.2 Å². The first-order valence-electron chi connectivity index (χ1n) is 5.67. The molecular weight excluding hydrogens is 375 g/mol. The van der Waals surface area contributed by atoms with Gasteiger partial charge in [-0.1, -0.05) is 11.6 Å². The van der Waals surface area contributed by atoms with Crippen molar-refractivity contribution in [3.63, 3.8) is 0 Å². The lowest BCUT2D eigenvalue weighted by Crippen LogP contribution is -2.02. The van der Waals surface area contributed by atoms with Crippen molar-refractivity contribution in [2.75, 3.05) is 7.11 Å². The molecule has 0 aliphatic carbocycles. The van der Waals surface area contributed by atoms with Gasteiger partial charge in [0, 0.05) is 14.7 Å². The van der Waals surface area contributed by atoms with E-state index in [0.717, 1.165) is 14.9 Å². The van der Waals surface area contributed by atoms with E-state index < -0.39 is 0 Å².